The van der Waals surface area contributed by atoms with Crippen molar-refractivity contribution in [2.45, 2.75) is 6.92 Å². The summed E-state index contributed by atoms with van der Waals surface area (Å²) in [6.45, 7) is 2.00. The van der Waals surface area contributed by atoms with Gasteiger partial charge in [0.25, 0.3) is 5.56 Å². The molecule has 108 valence electrons. The van der Waals surface area contributed by atoms with E-state index in [0.717, 1.165) is 11.1 Å². The molecule has 6 heteroatoms. The van der Waals surface area contributed by atoms with Crippen molar-refractivity contribution in [2.75, 3.05) is 0 Å². The minimum absolute atomic E-state index is 0.127. The van der Waals surface area contributed by atoms with E-state index in [0.29, 0.717) is 21.1 Å². The molecule has 0 saturated heterocycles. The summed E-state index contributed by atoms with van der Waals surface area (Å²) in [4.78, 5) is 13.2. The Labute approximate surface area is 129 Å². The quantitative estimate of drug-likeness (QED) is 0.570. The molecular weight excluding hydrogens is 298 g/mol. The molecule has 5 nitrogen and oxygen atoms in total. The van der Waals surface area contributed by atoms with E-state index in [-0.39, 0.29) is 5.56 Å². The number of nitrogens with zero attached hydrogens (tertiary/aromatic N) is 3. The predicted octanol–water partition coefficient (Wildman–Crippen LogP) is 2.27. The molecule has 0 N–H and O–H groups in total. The van der Waals surface area contributed by atoms with Crippen LogP contribution in [0.5, 0.6) is 0 Å². The van der Waals surface area contributed by atoms with Gasteiger partial charge in [-0.25, -0.2) is 4.40 Å². The largest absolute Gasteiger partial charge is 0.465 e. The van der Waals surface area contributed by atoms with Gasteiger partial charge >= 0.3 is 0 Å². The van der Waals surface area contributed by atoms with Crippen LogP contribution in [0.4, 0.5) is 0 Å². The first kappa shape index (κ1) is 13.0. The second kappa shape index (κ2) is 4.92. The van der Waals surface area contributed by atoms with Crippen LogP contribution in [0, 0.1) is 6.92 Å². The summed E-state index contributed by atoms with van der Waals surface area (Å²) in [5, 5.41) is 8.27. The third-order valence-electron chi connectivity index (χ3n) is 3.34. The Bertz CT molecular complexity index is 1060. The van der Waals surface area contributed by atoms with E-state index in [1.165, 1.54) is 11.3 Å². The Morgan fingerprint density at radius 2 is 2.14 bits per heavy atom. The summed E-state index contributed by atoms with van der Waals surface area (Å²) in [6.07, 6.45) is 3.30. The molecule has 0 bridgehead atoms. The maximum Gasteiger partial charge on any atom is 0.276 e. The fourth-order valence-corrected chi connectivity index (χ4v) is 3.23. The highest BCUT2D eigenvalue weighted by Gasteiger charge is 2.14. The minimum atomic E-state index is -0.127. The molecule has 0 unspecified atom stereocenters. The van der Waals surface area contributed by atoms with Crippen molar-refractivity contribution in [3.63, 3.8) is 0 Å². The molecule has 0 radical (unpaired) electrons. The van der Waals surface area contributed by atoms with Crippen LogP contribution in [0.2, 0.25) is 0 Å². The van der Waals surface area contributed by atoms with Crippen LogP contribution in [0.25, 0.3) is 22.4 Å². The number of hydrogen-bond donors (Lipinski definition) is 0. The highest BCUT2D eigenvalue weighted by atomic mass is 32.1. The number of benzene rings is 1. The number of rotatable bonds is 2. The third-order valence-corrected chi connectivity index (χ3v) is 4.30. The van der Waals surface area contributed by atoms with Gasteiger partial charge in [-0.2, -0.15) is 0 Å². The summed E-state index contributed by atoms with van der Waals surface area (Å²) < 4.78 is 7.39. The van der Waals surface area contributed by atoms with E-state index in [2.05, 4.69) is 10.2 Å². The van der Waals surface area contributed by atoms with Gasteiger partial charge in [0, 0.05) is 11.6 Å². The van der Waals surface area contributed by atoms with Crippen molar-refractivity contribution in [2.24, 2.45) is 0 Å². The smallest absolute Gasteiger partial charge is 0.276 e. The number of furan rings is 1. The molecule has 3 heterocycles. The van der Waals surface area contributed by atoms with Crippen molar-refractivity contribution in [3.05, 3.63) is 68.9 Å². The first-order valence-corrected chi connectivity index (χ1v) is 7.54. The molecule has 0 atom stereocenters. The zero-order valence-electron chi connectivity index (χ0n) is 11.7. The van der Waals surface area contributed by atoms with Crippen LogP contribution in [0.1, 0.15) is 11.3 Å². The summed E-state index contributed by atoms with van der Waals surface area (Å²) in [7, 11) is 0. The molecule has 0 spiro atoms. The maximum atomic E-state index is 12.6. The van der Waals surface area contributed by atoms with E-state index in [1.54, 1.807) is 22.8 Å². The number of hydrogen-bond acceptors (Lipinski definition) is 5. The van der Waals surface area contributed by atoms with Gasteiger partial charge in [-0.05, 0) is 25.1 Å². The first-order chi connectivity index (χ1) is 10.7. The molecule has 0 aliphatic carbocycles. The average Bonchev–Trinajstić information content (AvgIpc) is 3.20. The van der Waals surface area contributed by atoms with Crippen molar-refractivity contribution >= 4 is 22.4 Å². The van der Waals surface area contributed by atoms with E-state index >= 15 is 0 Å². The van der Waals surface area contributed by atoms with Gasteiger partial charge in [-0.3, -0.25) is 4.79 Å². The molecule has 4 aromatic rings. The molecule has 1 aromatic carbocycles. The van der Waals surface area contributed by atoms with Crippen molar-refractivity contribution in [1.29, 1.82) is 0 Å². The lowest BCUT2D eigenvalue weighted by Gasteiger charge is -1.98. The second-order valence-electron chi connectivity index (χ2n) is 4.94. The Morgan fingerprint density at radius 1 is 1.23 bits per heavy atom. The Hall–Kier alpha value is -2.73. The molecule has 3 aromatic heterocycles. The fraction of sp³-hybridized carbons (Fsp3) is 0.0625. The molecule has 0 aliphatic rings. The monoisotopic (exact) mass is 309 g/mol. The van der Waals surface area contributed by atoms with Gasteiger partial charge < -0.3 is 4.42 Å². The lowest BCUT2D eigenvalue weighted by Crippen LogP contribution is -2.23. The third kappa shape index (κ3) is 2.05. The summed E-state index contributed by atoms with van der Waals surface area (Å²) in [6, 6.07) is 11.5. The van der Waals surface area contributed by atoms with Gasteiger partial charge in [0.15, 0.2) is 5.82 Å². The van der Waals surface area contributed by atoms with Crippen LogP contribution in [0.15, 0.2) is 51.9 Å². The minimum Gasteiger partial charge on any atom is -0.465 e. The predicted molar refractivity (Wildman–Crippen MR) is 84.8 cm³/mol. The Balaban J connectivity index is 1.96. The normalized spacial score (nSPS) is 12.3. The van der Waals surface area contributed by atoms with Crippen LogP contribution in [-0.4, -0.2) is 14.6 Å². The van der Waals surface area contributed by atoms with Gasteiger partial charge in [0.05, 0.1) is 6.26 Å². The molecule has 4 rings (SSSR count). The summed E-state index contributed by atoms with van der Waals surface area (Å²) in [5.74, 6) is 1.21. The number of aromatic nitrogens is 3. The van der Waals surface area contributed by atoms with Gasteiger partial charge in [-0.1, -0.05) is 35.1 Å². The molecule has 0 aliphatic heterocycles. The van der Waals surface area contributed by atoms with Gasteiger partial charge in [-0.15, -0.1) is 10.2 Å². The summed E-state index contributed by atoms with van der Waals surface area (Å²) >= 11 is 1.30. The maximum absolute atomic E-state index is 12.6. The highest BCUT2D eigenvalue weighted by molar-refractivity contribution is 7.15. The standard InChI is InChI=1S/C16H11N3O2S/c1-10-4-2-5-11(8-10)14-17-18-16-19(14)15(20)13(22-16)9-12-6-3-7-21-12/h2-9H,1H3/b13-9-. The van der Waals surface area contributed by atoms with Crippen LogP contribution in [0.3, 0.4) is 0 Å². The molecule has 22 heavy (non-hydrogen) atoms. The van der Waals surface area contributed by atoms with Crippen LogP contribution in [-0.2, 0) is 0 Å². The Kier molecular flexibility index (Phi) is 2.90. The van der Waals surface area contributed by atoms with Crippen molar-refractivity contribution in [3.8, 4) is 11.4 Å². The van der Waals surface area contributed by atoms with Gasteiger partial charge in [0.2, 0.25) is 4.96 Å². The zero-order valence-corrected chi connectivity index (χ0v) is 12.5. The lowest BCUT2D eigenvalue weighted by atomic mass is 10.1. The molecular formula is C16H11N3O2S. The fourth-order valence-electron chi connectivity index (χ4n) is 2.34. The van der Waals surface area contributed by atoms with E-state index in [9.17, 15) is 4.79 Å². The molecule has 0 amide bonds. The molecule has 0 saturated carbocycles. The summed E-state index contributed by atoms with van der Waals surface area (Å²) in [5.41, 5.74) is 1.86. The Morgan fingerprint density at radius 3 is 2.91 bits per heavy atom. The van der Waals surface area contributed by atoms with E-state index in [1.807, 2.05) is 37.3 Å². The highest BCUT2D eigenvalue weighted by Crippen LogP contribution is 2.18. The van der Waals surface area contributed by atoms with Crippen molar-refractivity contribution in [1.82, 2.24) is 14.6 Å². The number of aryl methyl sites for hydroxylation is 1. The van der Waals surface area contributed by atoms with E-state index in [4.69, 9.17) is 4.42 Å². The first-order valence-electron chi connectivity index (χ1n) is 6.72. The molecule has 0 fully saturated rings. The van der Waals surface area contributed by atoms with Crippen LogP contribution >= 0.6 is 11.3 Å². The average molecular weight is 309 g/mol. The SMILES string of the molecule is Cc1cccc(-c2nnc3s/c(=C\c4ccco4)c(=O)n23)c1. The topological polar surface area (TPSA) is 60.4 Å². The zero-order chi connectivity index (χ0) is 15.1. The number of fused-ring (bicyclic) bond motifs is 1. The second-order valence-corrected chi connectivity index (χ2v) is 5.95. The number of thiazole rings is 1. The van der Waals surface area contributed by atoms with Crippen LogP contribution < -0.4 is 10.1 Å². The van der Waals surface area contributed by atoms with Crippen molar-refractivity contribution < 1.29 is 4.42 Å². The lowest BCUT2D eigenvalue weighted by molar-refractivity contribution is 0.556. The van der Waals surface area contributed by atoms with Gasteiger partial charge in [0.1, 0.15) is 10.3 Å². The van der Waals surface area contributed by atoms with E-state index < -0.39 is 0 Å².